The normalized spacial score (nSPS) is 26.2. The van der Waals surface area contributed by atoms with E-state index in [1.54, 1.807) is 7.11 Å². The molecule has 0 bridgehead atoms. The third kappa shape index (κ3) is 3.71. The first-order valence-corrected chi connectivity index (χ1v) is 7.85. The molecule has 0 aliphatic heterocycles. The van der Waals surface area contributed by atoms with Crippen molar-refractivity contribution in [3.8, 4) is 0 Å². The summed E-state index contributed by atoms with van der Waals surface area (Å²) in [7, 11) is 1.77. The minimum absolute atomic E-state index is 0.0775. The van der Waals surface area contributed by atoms with Crippen LogP contribution in [0.25, 0.3) is 0 Å². The second-order valence-electron chi connectivity index (χ2n) is 6.36. The Morgan fingerprint density at radius 1 is 1.21 bits per heavy atom. The summed E-state index contributed by atoms with van der Waals surface area (Å²) in [5.41, 5.74) is 0.263. The third-order valence-electron chi connectivity index (χ3n) is 5.13. The topological polar surface area (TPSA) is 30.5 Å². The van der Waals surface area contributed by atoms with Crippen LogP contribution in [0, 0.1) is 5.41 Å². The Labute approximate surface area is 119 Å². The lowest BCUT2D eigenvalue weighted by molar-refractivity contribution is -0.148. The SMILES string of the molecule is CCNC1CC(OCCC(C)(C)OC)C1(CC)CC. The molecule has 1 aliphatic carbocycles. The van der Waals surface area contributed by atoms with E-state index in [0.717, 1.165) is 26.0 Å². The van der Waals surface area contributed by atoms with E-state index in [1.165, 1.54) is 12.8 Å². The molecule has 3 heteroatoms. The molecule has 0 amide bonds. The van der Waals surface area contributed by atoms with Crippen molar-refractivity contribution in [1.29, 1.82) is 0 Å². The molecule has 1 aliphatic rings. The Morgan fingerprint density at radius 3 is 2.32 bits per heavy atom. The second-order valence-corrected chi connectivity index (χ2v) is 6.36. The van der Waals surface area contributed by atoms with Crippen LogP contribution in [-0.4, -0.2) is 38.0 Å². The Balaban J connectivity index is 2.46. The smallest absolute Gasteiger partial charge is 0.0661 e. The van der Waals surface area contributed by atoms with E-state index in [0.29, 0.717) is 17.6 Å². The maximum Gasteiger partial charge on any atom is 0.0661 e. The van der Waals surface area contributed by atoms with Gasteiger partial charge in [-0.2, -0.15) is 0 Å². The maximum atomic E-state index is 6.17. The fourth-order valence-corrected chi connectivity index (χ4v) is 3.26. The first kappa shape index (κ1) is 16.9. The van der Waals surface area contributed by atoms with Gasteiger partial charge in [0.2, 0.25) is 0 Å². The molecule has 1 rings (SSSR count). The molecule has 2 atom stereocenters. The van der Waals surface area contributed by atoms with Gasteiger partial charge in [-0.15, -0.1) is 0 Å². The van der Waals surface area contributed by atoms with E-state index in [2.05, 4.69) is 39.9 Å². The van der Waals surface area contributed by atoms with E-state index < -0.39 is 0 Å². The molecular weight excluding hydrogens is 238 g/mol. The average Bonchev–Trinajstić information content (AvgIpc) is 2.38. The fraction of sp³-hybridized carbons (Fsp3) is 1.00. The summed E-state index contributed by atoms with van der Waals surface area (Å²) in [6.07, 6.45) is 4.91. The Hall–Kier alpha value is -0.120. The molecule has 0 aromatic carbocycles. The molecule has 114 valence electrons. The highest BCUT2D eigenvalue weighted by Gasteiger charge is 2.52. The highest BCUT2D eigenvalue weighted by atomic mass is 16.5. The molecule has 19 heavy (non-hydrogen) atoms. The first-order valence-electron chi connectivity index (χ1n) is 7.85. The number of methoxy groups -OCH3 is 1. The van der Waals surface area contributed by atoms with Crippen molar-refractivity contribution in [3.63, 3.8) is 0 Å². The quantitative estimate of drug-likeness (QED) is 0.697. The van der Waals surface area contributed by atoms with Gasteiger partial charge < -0.3 is 14.8 Å². The molecule has 3 nitrogen and oxygen atoms in total. The maximum absolute atomic E-state index is 6.17. The van der Waals surface area contributed by atoms with Gasteiger partial charge in [0, 0.05) is 25.2 Å². The molecule has 0 saturated heterocycles. The van der Waals surface area contributed by atoms with Gasteiger partial charge in [0.15, 0.2) is 0 Å². The van der Waals surface area contributed by atoms with Crippen LogP contribution in [0.2, 0.25) is 0 Å². The fourth-order valence-electron chi connectivity index (χ4n) is 3.26. The number of hydrogen-bond donors (Lipinski definition) is 1. The van der Waals surface area contributed by atoms with Crippen molar-refractivity contribution in [1.82, 2.24) is 5.32 Å². The van der Waals surface area contributed by atoms with Gasteiger partial charge in [0.05, 0.1) is 11.7 Å². The summed E-state index contributed by atoms with van der Waals surface area (Å²) in [6, 6.07) is 0.632. The zero-order chi connectivity index (χ0) is 14.5. The Kier molecular flexibility index (Phi) is 6.28. The highest BCUT2D eigenvalue weighted by Crippen LogP contribution is 2.48. The summed E-state index contributed by atoms with van der Waals surface area (Å²) < 4.78 is 11.6. The monoisotopic (exact) mass is 271 g/mol. The zero-order valence-corrected chi connectivity index (χ0v) is 13.7. The van der Waals surface area contributed by atoms with Crippen molar-refractivity contribution >= 4 is 0 Å². The third-order valence-corrected chi connectivity index (χ3v) is 5.13. The Bertz CT molecular complexity index is 261. The highest BCUT2D eigenvalue weighted by molar-refractivity contribution is 5.06. The van der Waals surface area contributed by atoms with Crippen LogP contribution in [0.1, 0.15) is 60.3 Å². The zero-order valence-electron chi connectivity index (χ0n) is 13.7. The predicted octanol–water partition coefficient (Wildman–Crippen LogP) is 3.37. The summed E-state index contributed by atoms with van der Waals surface area (Å²) in [4.78, 5) is 0. The number of ether oxygens (including phenoxy) is 2. The molecule has 0 heterocycles. The summed E-state index contributed by atoms with van der Waals surface area (Å²) in [6.45, 7) is 12.9. The van der Waals surface area contributed by atoms with Gasteiger partial charge in [-0.1, -0.05) is 20.8 Å². The predicted molar refractivity (Wildman–Crippen MR) is 80.5 cm³/mol. The molecule has 1 fully saturated rings. The Morgan fingerprint density at radius 2 is 1.84 bits per heavy atom. The van der Waals surface area contributed by atoms with Crippen molar-refractivity contribution in [2.24, 2.45) is 5.41 Å². The van der Waals surface area contributed by atoms with Crippen molar-refractivity contribution in [2.45, 2.75) is 78.0 Å². The first-order chi connectivity index (χ1) is 8.95. The van der Waals surface area contributed by atoms with Crippen LogP contribution in [0.4, 0.5) is 0 Å². The van der Waals surface area contributed by atoms with Crippen LogP contribution in [-0.2, 0) is 9.47 Å². The van der Waals surface area contributed by atoms with Crippen LogP contribution in [0.5, 0.6) is 0 Å². The molecule has 1 saturated carbocycles. The lowest BCUT2D eigenvalue weighted by Crippen LogP contribution is -2.63. The minimum Gasteiger partial charge on any atom is -0.379 e. The number of hydrogen-bond acceptors (Lipinski definition) is 3. The molecule has 0 aromatic heterocycles. The van der Waals surface area contributed by atoms with Crippen LogP contribution >= 0.6 is 0 Å². The van der Waals surface area contributed by atoms with Crippen LogP contribution in [0.15, 0.2) is 0 Å². The molecule has 0 radical (unpaired) electrons. The van der Waals surface area contributed by atoms with Gasteiger partial charge in [0.1, 0.15) is 0 Å². The van der Waals surface area contributed by atoms with Gasteiger partial charge in [0.25, 0.3) is 0 Å². The van der Waals surface area contributed by atoms with Gasteiger partial charge in [-0.05, 0) is 46.1 Å². The average molecular weight is 271 g/mol. The van der Waals surface area contributed by atoms with Crippen molar-refractivity contribution in [3.05, 3.63) is 0 Å². The van der Waals surface area contributed by atoms with Gasteiger partial charge >= 0.3 is 0 Å². The van der Waals surface area contributed by atoms with E-state index in [4.69, 9.17) is 9.47 Å². The van der Waals surface area contributed by atoms with Crippen molar-refractivity contribution in [2.75, 3.05) is 20.3 Å². The van der Waals surface area contributed by atoms with Crippen molar-refractivity contribution < 1.29 is 9.47 Å². The van der Waals surface area contributed by atoms with E-state index in [1.807, 2.05) is 0 Å². The molecular formula is C16H33NO2. The number of nitrogens with one attached hydrogen (secondary N) is 1. The lowest BCUT2D eigenvalue weighted by Gasteiger charge is -2.55. The van der Waals surface area contributed by atoms with Crippen LogP contribution in [0.3, 0.4) is 0 Å². The van der Waals surface area contributed by atoms with Gasteiger partial charge in [-0.25, -0.2) is 0 Å². The summed E-state index contributed by atoms with van der Waals surface area (Å²) in [5, 5.41) is 3.62. The largest absolute Gasteiger partial charge is 0.379 e. The summed E-state index contributed by atoms with van der Waals surface area (Å²) in [5.74, 6) is 0. The molecule has 1 N–H and O–H groups in total. The summed E-state index contributed by atoms with van der Waals surface area (Å²) >= 11 is 0. The van der Waals surface area contributed by atoms with Crippen LogP contribution < -0.4 is 5.32 Å². The molecule has 0 aromatic rings. The van der Waals surface area contributed by atoms with Gasteiger partial charge in [-0.3, -0.25) is 0 Å². The minimum atomic E-state index is -0.0775. The van der Waals surface area contributed by atoms with E-state index >= 15 is 0 Å². The van der Waals surface area contributed by atoms with E-state index in [9.17, 15) is 0 Å². The lowest BCUT2D eigenvalue weighted by atomic mass is 9.58. The van der Waals surface area contributed by atoms with E-state index in [-0.39, 0.29) is 5.60 Å². The second kappa shape index (κ2) is 7.05. The molecule has 2 unspecified atom stereocenters. The number of rotatable bonds is 9. The standard InChI is InChI=1S/C16H33NO2/c1-7-16(8-2)13(17-9-3)12-14(16)19-11-10-15(4,5)18-6/h13-14,17H,7-12H2,1-6H3. The molecule has 0 spiro atoms.